The highest BCUT2D eigenvalue weighted by Gasteiger charge is 2.26. The van der Waals surface area contributed by atoms with E-state index in [4.69, 9.17) is 10.5 Å². The average Bonchev–Trinajstić information content (AvgIpc) is 2.52. The summed E-state index contributed by atoms with van der Waals surface area (Å²) in [7, 11) is 0. The Bertz CT molecular complexity index is 574. The molecule has 1 fully saturated rings. The molecule has 1 heterocycles. The smallest absolute Gasteiger partial charge is 0.218 e. The summed E-state index contributed by atoms with van der Waals surface area (Å²) in [5.74, 6) is 0.588. The highest BCUT2D eigenvalue weighted by atomic mass is 16.5. The maximum atomic E-state index is 11.2. The summed E-state index contributed by atoms with van der Waals surface area (Å²) >= 11 is 0. The Morgan fingerprint density at radius 1 is 1.33 bits per heavy atom. The van der Waals surface area contributed by atoms with Gasteiger partial charge in [-0.1, -0.05) is 18.6 Å². The number of hydrogen-bond donors (Lipinski definition) is 2. The number of benzene rings is 1. The molecule has 2 rings (SSSR count). The molecule has 0 aromatic heterocycles. The zero-order valence-electron chi connectivity index (χ0n) is 15.0. The van der Waals surface area contributed by atoms with Crippen LogP contribution < -0.4 is 10.5 Å². The second kappa shape index (κ2) is 8.49. The summed E-state index contributed by atoms with van der Waals surface area (Å²) in [6, 6.07) is 4.27. The van der Waals surface area contributed by atoms with Crippen molar-refractivity contribution in [3.8, 4) is 5.75 Å². The van der Waals surface area contributed by atoms with Crippen molar-refractivity contribution in [1.82, 2.24) is 4.90 Å². The molecule has 5 heteroatoms. The fraction of sp³-hybridized carbons (Fsp3) is 0.632. The maximum absolute atomic E-state index is 11.2. The number of primary amides is 1. The number of aliphatic hydroxyl groups excluding tert-OH is 1. The number of likely N-dealkylation sites (tertiary alicyclic amines) is 1. The lowest BCUT2D eigenvalue weighted by atomic mass is 9.98. The highest BCUT2D eigenvalue weighted by molar-refractivity contribution is 5.74. The van der Waals surface area contributed by atoms with Gasteiger partial charge in [-0.3, -0.25) is 9.69 Å². The van der Waals surface area contributed by atoms with Gasteiger partial charge in [0, 0.05) is 19.0 Å². The molecule has 1 aliphatic rings. The van der Waals surface area contributed by atoms with Crippen molar-refractivity contribution < 1.29 is 14.6 Å². The second-order valence-corrected chi connectivity index (χ2v) is 6.93. The number of carbonyl (C=O) groups excluding carboxylic acids is 1. The van der Waals surface area contributed by atoms with Crippen molar-refractivity contribution >= 4 is 5.91 Å². The first-order valence-electron chi connectivity index (χ1n) is 8.78. The van der Waals surface area contributed by atoms with Gasteiger partial charge in [-0.05, 0) is 56.8 Å². The Kier molecular flexibility index (Phi) is 6.63. The third-order valence-corrected chi connectivity index (χ3v) is 4.92. The predicted molar refractivity (Wildman–Crippen MR) is 95.2 cm³/mol. The molecule has 1 aliphatic heterocycles. The molecule has 1 aromatic carbocycles. The number of rotatable bonds is 7. The van der Waals surface area contributed by atoms with Crippen LogP contribution in [0.1, 0.15) is 42.4 Å². The van der Waals surface area contributed by atoms with Crippen molar-refractivity contribution in [2.75, 3.05) is 19.7 Å². The standard InChI is InChI=1S/C19H30N2O3/c1-13-7-8-14(2)19(15(13)3)24-12-17(22)11-21-9-5-4-6-16(21)10-18(20)23/h7-8,16-17,22H,4-6,9-12H2,1-3H3,(H2,20,23). The fourth-order valence-corrected chi connectivity index (χ4v) is 3.41. The fourth-order valence-electron chi connectivity index (χ4n) is 3.41. The molecule has 2 atom stereocenters. The molecule has 0 spiro atoms. The molecule has 0 radical (unpaired) electrons. The SMILES string of the molecule is Cc1ccc(C)c(OCC(O)CN2CCCCC2CC(N)=O)c1C. The van der Waals surface area contributed by atoms with Crippen LogP contribution in [-0.4, -0.2) is 47.8 Å². The summed E-state index contributed by atoms with van der Waals surface area (Å²) in [6.07, 6.45) is 2.95. The van der Waals surface area contributed by atoms with Crippen LogP contribution in [-0.2, 0) is 4.79 Å². The summed E-state index contributed by atoms with van der Waals surface area (Å²) in [5.41, 5.74) is 8.72. The normalized spacial score (nSPS) is 19.9. The Labute approximate surface area is 144 Å². The van der Waals surface area contributed by atoms with Crippen LogP contribution in [0.25, 0.3) is 0 Å². The van der Waals surface area contributed by atoms with Gasteiger partial charge in [0.25, 0.3) is 0 Å². The van der Waals surface area contributed by atoms with Crippen LogP contribution in [0.5, 0.6) is 5.75 Å². The van der Waals surface area contributed by atoms with Gasteiger partial charge in [0.2, 0.25) is 5.91 Å². The molecule has 134 valence electrons. The van der Waals surface area contributed by atoms with E-state index in [0.717, 1.165) is 42.7 Å². The topological polar surface area (TPSA) is 75.8 Å². The molecule has 24 heavy (non-hydrogen) atoms. The number of nitrogens with zero attached hydrogens (tertiary/aromatic N) is 1. The number of β-amino-alcohol motifs (C(OH)–C–C–N with tert-alkyl or cyclic N) is 1. The van der Waals surface area contributed by atoms with Crippen LogP contribution in [0, 0.1) is 20.8 Å². The van der Waals surface area contributed by atoms with Crippen molar-refractivity contribution in [3.05, 3.63) is 28.8 Å². The van der Waals surface area contributed by atoms with Gasteiger partial charge in [-0.25, -0.2) is 0 Å². The molecule has 0 bridgehead atoms. The molecule has 1 aromatic rings. The van der Waals surface area contributed by atoms with Crippen molar-refractivity contribution in [2.24, 2.45) is 5.73 Å². The van der Waals surface area contributed by atoms with Crippen LogP contribution in [0.2, 0.25) is 0 Å². The minimum atomic E-state index is -0.585. The maximum Gasteiger partial charge on any atom is 0.218 e. The zero-order chi connectivity index (χ0) is 17.7. The molecule has 0 aliphatic carbocycles. The lowest BCUT2D eigenvalue weighted by Crippen LogP contribution is -2.46. The lowest BCUT2D eigenvalue weighted by Gasteiger charge is -2.36. The Balaban J connectivity index is 1.91. The largest absolute Gasteiger partial charge is 0.490 e. The van der Waals surface area contributed by atoms with Gasteiger partial charge in [-0.2, -0.15) is 0 Å². The number of aliphatic hydroxyl groups is 1. The van der Waals surface area contributed by atoms with Gasteiger partial charge in [0.05, 0.1) is 0 Å². The summed E-state index contributed by atoms with van der Waals surface area (Å²) in [6.45, 7) is 7.78. The molecule has 1 amide bonds. The van der Waals surface area contributed by atoms with Gasteiger partial charge in [-0.15, -0.1) is 0 Å². The zero-order valence-corrected chi connectivity index (χ0v) is 15.0. The first-order chi connectivity index (χ1) is 11.4. The van der Waals surface area contributed by atoms with E-state index in [2.05, 4.69) is 17.9 Å². The number of ether oxygens (including phenoxy) is 1. The molecule has 2 unspecified atom stereocenters. The Morgan fingerprint density at radius 2 is 2.04 bits per heavy atom. The van der Waals surface area contributed by atoms with Crippen LogP contribution >= 0.6 is 0 Å². The van der Waals surface area contributed by atoms with E-state index in [1.54, 1.807) is 0 Å². The molecule has 3 N–H and O–H groups in total. The predicted octanol–water partition coefficient (Wildman–Crippen LogP) is 2.08. The number of aryl methyl sites for hydroxylation is 2. The van der Waals surface area contributed by atoms with Crippen molar-refractivity contribution in [1.29, 1.82) is 0 Å². The van der Waals surface area contributed by atoms with Gasteiger partial charge in [0.1, 0.15) is 18.5 Å². The lowest BCUT2D eigenvalue weighted by molar-refractivity contribution is -0.119. The van der Waals surface area contributed by atoms with E-state index >= 15 is 0 Å². The van der Waals surface area contributed by atoms with Crippen LogP contribution in [0.15, 0.2) is 12.1 Å². The van der Waals surface area contributed by atoms with Crippen molar-refractivity contribution in [2.45, 2.75) is 58.6 Å². The van der Waals surface area contributed by atoms with E-state index < -0.39 is 6.10 Å². The Morgan fingerprint density at radius 3 is 2.75 bits per heavy atom. The second-order valence-electron chi connectivity index (χ2n) is 6.93. The van der Waals surface area contributed by atoms with Crippen LogP contribution in [0.4, 0.5) is 0 Å². The molecule has 1 saturated heterocycles. The van der Waals surface area contributed by atoms with E-state index in [1.807, 2.05) is 19.9 Å². The van der Waals surface area contributed by atoms with E-state index in [9.17, 15) is 9.90 Å². The minimum absolute atomic E-state index is 0.147. The highest BCUT2D eigenvalue weighted by Crippen LogP contribution is 2.26. The first-order valence-corrected chi connectivity index (χ1v) is 8.78. The summed E-state index contributed by atoms with van der Waals surface area (Å²) in [4.78, 5) is 13.4. The quantitative estimate of drug-likeness (QED) is 0.800. The minimum Gasteiger partial charge on any atom is -0.490 e. The van der Waals surface area contributed by atoms with E-state index in [-0.39, 0.29) is 18.6 Å². The van der Waals surface area contributed by atoms with Gasteiger partial charge >= 0.3 is 0 Å². The van der Waals surface area contributed by atoms with E-state index in [0.29, 0.717) is 13.0 Å². The number of amides is 1. The number of carbonyl (C=O) groups is 1. The third-order valence-electron chi connectivity index (χ3n) is 4.92. The molecule has 0 saturated carbocycles. The monoisotopic (exact) mass is 334 g/mol. The van der Waals surface area contributed by atoms with Crippen LogP contribution in [0.3, 0.4) is 0 Å². The number of piperidine rings is 1. The molecular weight excluding hydrogens is 304 g/mol. The average molecular weight is 334 g/mol. The van der Waals surface area contributed by atoms with E-state index in [1.165, 1.54) is 5.56 Å². The first kappa shape index (κ1) is 18.7. The van der Waals surface area contributed by atoms with Gasteiger partial charge < -0.3 is 15.6 Å². The third kappa shape index (κ3) is 4.95. The molecular formula is C19H30N2O3. The molecule has 5 nitrogen and oxygen atoms in total. The summed E-state index contributed by atoms with van der Waals surface area (Å²) < 4.78 is 5.90. The summed E-state index contributed by atoms with van der Waals surface area (Å²) in [5, 5.41) is 10.4. The van der Waals surface area contributed by atoms with Gasteiger partial charge in [0.15, 0.2) is 0 Å². The Hall–Kier alpha value is -1.59. The van der Waals surface area contributed by atoms with Crippen molar-refractivity contribution in [3.63, 3.8) is 0 Å². The number of nitrogens with two attached hydrogens (primary N) is 1. The number of hydrogen-bond acceptors (Lipinski definition) is 4.